The predicted octanol–water partition coefficient (Wildman–Crippen LogP) is 3.17. The lowest BCUT2D eigenvalue weighted by Gasteiger charge is -2.08. The van der Waals surface area contributed by atoms with Gasteiger partial charge in [-0.3, -0.25) is 4.79 Å². The normalized spacial score (nSPS) is 10.7. The average molecular weight is 331 g/mol. The highest BCUT2D eigenvalue weighted by molar-refractivity contribution is 7.71. The van der Waals surface area contributed by atoms with Gasteiger partial charge in [0.2, 0.25) is 0 Å². The zero-order valence-corrected chi connectivity index (χ0v) is 12.9. The summed E-state index contributed by atoms with van der Waals surface area (Å²) in [6.07, 6.45) is 0. The van der Waals surface area contributed by atoms with E-state index in [1.807, 2.05) is 30.3 Å². The summed E-state index contributed by atoms with van der Waals surface area (Å²) in [5.41, 5.74) is 1.14. The number of hydrogen-bond donors (Lipinski definition) is 3. The standard InChI is InChI=1S/C16H14FN3O2S/c17-10-8-12(14-13(9-10)19-16(23)20-14)15(21)18-6-7-22-11-4-2-1-3-5-11/h1-5,8-9H,6-7H2,(H,18,21)(H2,19,20,23). The van der Waals surface area contributed by atoms with Crippen LogP contribution >= 0.6 is 12.2 Å². The first kappa shape index (κ1) is 15.2. The number of aromatic amines is 2. The maximum absolute atomic E-state index is 13.6. The van der Waals surface area contributed by atoms with Gasteiger partial charge in [-0.1, -0.05) is 18.2 Å². The molecule has 1 amide bonds. The second-order valence-electron chi connectivity index (χ2n) is 4.87. The zero-order chi connectivity index (χ0) is 16.2. The summed E-state index contributed by atoms with van der Waals surface area (Å²) >= 11 is 4.98. The topological polar surface area (TPSA) is 69.9 Å². The second kappa shape index (κ2) is 6.62. The minimum atomic E-state index is -0.506. The molecule has 3 rings (SSSR count). The minimum absolute atomic E-state index is 0.201. The number of imidazole rings is 1. The van der Waals surface area contributed by atoms with Gasteiger partial charge < -0.3 is 20.0 Å². The van der Waals surface area contributed by atoms with Crippen LogP contribution in [0.1, 0.15) is 10.4 Å². The van der Waals surface area contributed by atoms with Crippen LogP contribution in [0.25, 0.3) is 11.0 Å². The number of aromatic nitrogens is 2. The number of benzene rings is 2. The zero-order valence-electron chi connectivity index (χ0n) is 12.1. The molecule has 1 aromatic heterocycles. The minimum Gasteiger partial charge on any atom is -0.492 e. The molecule has 23 heavy (non-hydrogen) atoms. The Morgan fingerprint density at radius 3 is 2.78 bits per heavy atom. The Balaban J connectivity index is 1.65. The van der Waals surface area contributed by atoms with Crippen LogP contribution in [0.4, 0.5) is 4.39 Å². The van der Waals surface area contributed by atoms with Crippen molar-refractivity contribution in [2.75, 3.05) is 13.2 Å². The van der Waals surface area contributed by atoms with Gasteiger partial charge in [-0.05, 0) is 36.5 Å². The first-order valence-electron chi connectivity index (χ1n) is 7.01. The van der Waals surface area contributed by atoms with E-state index in [9.17, 15) is 9.18 Å². The van der Waals surface area contributed by atoms with E-state index >= 15 is 0 Å². The molecule has 5 nitrogen and oxygen atoms in total. The molecule has 0 aliphatic carbocycles. The van der Waals surface area contributed by atoms with Crippen LogP contribution in [0.2, 0.25) is 0 Å². The van der Waals surface area contributed by atoms with Crippen LogP contribution in [0.3, 0.4) is 0 Å². The first-order valence-corrected chi connectivity index (χ1v) is 7.42. The Morgan fingerprint density at radius 2 is 2.00 bits per heavy atom. The molecule has 2 aromatic carbocycles. The second-order valence-corrected chi connectivity index (χ2v) is 5.28. The van der Waals surface area contributed by atoms with E-state index in [1.54, 1.807) is 0 Å². The smallest absolute Gasteiger partial charge is 0.253 e. The van der Waals surface area contributed by atoms with Gasteiger partial charge in [-0.25, -0.2) is 4.39 Å². The van der Waals surface area contributed by atoms with Crippen LogP contribution < -0.4 is 10.1 Å². The molecule has 3 N–H and O–H groups in total. The molecule has 0 bridgehead atoms. The molecule has 0 saturated carbocycles. The Hall–Kier alpha value is -2.67. The Kier molecular flexibility index (Phi) is 4.38. The summed E-state index contributed by atoms with van der Waals surface area (Å²) in [5, 5.41) is 2.70. The molecule has 0 fully saturated rings. The van der Waals surface area contributed by atoms with Crippen molar-refractivity contribution in [2.24, 2.45) is 0 Å². The van der Waals surface area contributed by atoms with Gasteiger partial charge in [0.05, 0.1) is 23.1 Å². The average Bonchev–Trinajstić information content (AvgIpc) is 2.91. The monoisotopic (exact) mass is 331 g/mol. The lowest BCUT2D eigenvalue weighted by atomic mass is 10.1. The molecule has 0 aliphatic rings. The number of ether oxygens (including phenoxy) is 1. The largest absolute Gasteiger partial charge is 0.492 e. The number of nitrogens with one attached hydrogen (secondary N) is 3. The van der Waals surface area contributed by atoms with Crippen LogP contribution in [0, 0.1) is 10.6 Å². The third kappa shape index (κ3) is 3.57. The fraction of sp³-hybridized carbons (Fsp3) is 0.125. The molecule has 0 aliphatic heterocycles. The number of H-pyrrole nitrogens is 2. The highest BCUT2D eigenvalue weighted by atomic mass is 32.1. The summed E-state index contributed by atoms with van der Waals surface area (Å²) in [6, 6.07) is 11.8. The summed E-state index contributed by atoms with van der Waals surface area (Å²) < 4.78 is 19.4. The van der Waals surface area contributed by atoms with Crippen molar-refractivity contribution in [3.8, 4) is 5.75 Å². The van der Waals surface area contributed by atoms with Crippen molar-refractivity contribution < 1.29 is 13.9 Å². The molecule has 7 heteroatoms. The predicted molar refractivity (Wildman–Crippen MR) is 87.7 cm³/mol. The van der Waals surface area contributed by atoms with Crippen LogP contribution in [0.15, 0.2) is 42.5 Å². The number of hydrogen-bond acceptors (Lipinski definition) is 3. The summed E-state index contributed by atoms with van der Waals surface area (Å²) in [5.74, 6) is -0.172. The third-order valence-corrected chi connectivity index (χ3v) is 3.44. The van der Waals surface area contributed by atoms with Crippen molar-refractivity contribution in [1.82, 2.24) is 15.3 Å². The molecular weight excluding hydrogens is 317 g/mol. The van der Waals surface area contributed by atoms with E-state index in [0.29, 0.717) is 29.0 Å². The quantitative estimate of drug-likeness (QED) is 0.497. The fourth-order valence-corrected chi connectivity index (χ4v) is 2.44. The molecule has 0 unspecified atom stereocenters. The van der Waals surface area contributed by atoms with Crippen molar-refractivity contribution in [2.45, 2.75) is 0 Å². The van der Waals surface area contributed by atoms with Crippen molar-refractivity contribution in [3.63, 3.8) is 0 Å². The van der Waals surface area contributed by atoms with Gasteiger partial charge in [0.15, 0.2) is 4.77 Å². The first-order chi connectivity index (χ1) is 11.1. The number of carbonyl (C=O) groups excluding carboxylic acids is 1. The number of fused-ring (bicyclic) bond motifs is 1. The Bertz CT molecular complexity index is 889. The lowest BCUT2D eigenvalue weighted by Crippen LogP contribution is -2.28. The van der Waals surface area contributed by atoms with E-state index in [-0.39, 0.29) is 5.56 Å². The van der Waals surface area contributed by atoms with Crippen molar-refractivity contribution >= 4 is 29.2 Å². The van der Waals surface area contributed by atoms with Crippen molar-refractivity contribution in [1.29, 1.82) is 0 Å². The van der Waals surface area contributed by atoms with Gasteiger partial charge in [-0.2, -0.15) is 0 Å². The van der Waals surface area contributed by atoms with E-state index < -0.39 is 11.7 Å². The molecule has 0 atom stereocenters. The third-order valence-electron chi connectivity index (χ3n) is 3.23. The molecule has 0 spiro atoms. The number of amides is 1. The van der Waals surface area contributed by atoms with Gasteiger partial charge in [-0.15, -0.1) is 0 Å². The maximum Gasteiger partial charge on any atom is 0.253 e. The Labute approximate surface area is 136 Å². The summed E-state index contributed by atoms with van der Waals surface area (Å²) in [6.45, 7) is 0.619. The molecule has 1 heterocycles. The van der Waals surface area contributed by atoms with Gasteiger partial charge in [0.1, 0.15) is 18.2 Å². The lowest BCUT2D eigenvalue weighted by molar-refractivity contribution is 0.0948. The summed E-state index contributed by atoms with van der Waals surface area (Å²) in [4.78, 5) is 17.9. The van der Waals surface area contributed by atoms with E-state index in [4.69, 9.17) is 17.0 Å². The molecule has 0 saturated heterocycles. The van der Waals surface area contributed by atoms with Gasteiger partial charge in [0, 0.05) is 0 Å². The highest BCUT2D eigenvalue weighted by Crippen LogP contribution is 2.17. The maximum atomic E-state index is 13.6. The summed E-state index contributed by atoms with van der Waals surface area (Å²) in [7, 11) is 0. The van der Waals surface area contributed by atoms with E-state index in [0.717, 1.165) is 5.75 Å². The SMILES string of the molecule is O=C(NCCOc1ccccc1)c1cc(F)cc2[nH]c(=S)[nH]c12. The Morgan fingerprint density at radius 1 is 1.22 bits per heavy atom. The van der Waals surface area contributed by atoms with Crippen LogP contribution in [-0.2, 0) is 0 Å². The van der Waals surface area contributed by atoms with Gasteiger partial charge in [0.25, 0.3) is 5.91 Å². The fourth-order valence-electron chi connectivity index (χ4n) is 2.23. The van der Waals surface area contributed by atoms with E-state index in [2.05, 4.69) is 15.3 Å². The molecule has 118 valence electrons. The number of rotatable bonds is 5. The number of para-hydroxylation sites is 1. The van der Waals surface area contributed by atoms with Crippen LogP contribution in [0.5, 0.6) is 5.75 Å². The van der Waals surface area contributed by atoms with E-state index in [1.165, 1.54) is 12.1 Å². The van der Waals surface area contributed by atoms with Gasteiger partial charge >= 0.3 is 0 Å². The number of halogens is 1. The van der Waals surface area contributed by atoms with Crippen LogP contribution in [-0.4, -0.2) is 29.0 Å². The molecule has 3 aromatic rings. The van der Waals surface area contributed by atoms with Crippen molar-refractivity contribution in [3.05, 3.63) is 58.6 Å². The highest BCUT2D eigenvalue weighted by Gasteiger charge is 2.13. The molecular formula is C16H14FN3O2S. The molecule has 0 radical (unpaired) electrons. The number of carbonyl (C=O) groups is 1.